The first-order valence-electron chi connectivity index (χ1n) is 9.41. The van der Waals surface area contributed by atoms with Crippen molar-refractivity contribution in [2.75, 3.05) is 20.2 Å². The van der Waals surface area contributed by atoms with Gasteiger partial charge in [-0.05, 0) is 31.1 Å². The molecule has 0 N–H and O–H groups in total. The Morgan fingerprint density at radius 3 is 2.35 bits per heavy atom. The largest absolute Gasteiger partial charge is 0.376 e. The maximum Gasteiger partial charge on any atom is 0.134 e. The Kier molecular flexibility index (Phi) is 6.84. The molecular weight excluding hydrogens is 324 g/mol. The molecule has 5 nitrogen and oxygen atoms in total. The highest BCUT2D eigenvalue weighted by Crippen LogP contribution is 2.43. The van der Waals surface area contributed by atoms with Gasteiger partial charge in [0.2, 0.25) is 0 Å². The molecule has 0 atom stereocenters. The van der Waals surface area contributed by atoms with E-state index in [9.17, 15) is 15.8 Å². The van der Waals surface area contributed by atoms with Crippen molar-refractivity contribution >= 4 is 0 Å². The highest BCUT2D eigenvalue weighted by molar-refractivity contribution is 5.57. The van der Waals surface area contributed by atoms with Crippen LogP contribution in [0.1, 0.15) is 58.8 Å². The van der Waals surface area contributed by atoms with Gasteiger partial charge in [0.15, 0.2) is 0 Å². The van der Waals surface area contributed by atoms with E-state index in [2.05, 4.69) is 24.8 Å². The predicted octanol–water partition coefficient (Wildman–Crippen LogP) is 4.21. The average molecular weight is 352 g/mol. The van der Waals surface area contributed by atoms with Gasteiger partial charge in [-0.1, -0.05) is 33.1 Å². The second-order valence-corrected chi connectivity index (χ2v) is 8.08. The smallest absolute Gasteiger partial charge is 0.134 e. The van der Waals surface area contributed by atoms with E-state index in [0.717, 1.165) is 25.0 Å². The minimum atomic E-state index is -0.0948. The van der Waals surface area contributed by atoms with Crippen molar-refractivity contribution in [3.8, 4) is 18.2 Å². The maximum atomic E-state index is 9.70. The van der Waals surface area contributed by atoms with Gasteiger partial charge < -0.3 is 9.64 Å². The third kappa shape index (κ3) is 4.87. The van der Waals surface area contributed by atoms with Gasteiger partial charge in [0, 0.05) is 24.9 Å². The third-order valence-electron chi connectivity index (χ3n) is 5.32. The fraction of sp³-hybridized carbons (Fsp3) is 0.667. The van der Waals surface area contributed by atoms with Crippen LogP contribution in [0.15, 0.2) is 22.4 Å². The zero-order valence-electron chi connectivity index (χ0n) is 16.1. The van der Waals surface area contributed by atoms with Gasteiger partial charge in [0.25, 0.3) is 0 Å². The van der Waals surface area contributed by atoms with Crippen LogP contribution in [0.3, 0.4) is 0 Å². The number of rotatable bonds is 5. The number of nitriles is 3. The van der Waals surface area contributed by atoms with Crippen LogP contribution >= 0.6 is 0 Å². The normalized spacial score (nSPS) is 20.1. The van der Waals surface area contributed by atoms with Crippen LogP contribution in [0.2, 0.25) is 0 Å². The maximum absolute atomic E-state index is 9.70. The van der Waals surface area contributed by atoms with Crippen molar-refractivity contribution in [3.63, 3.8) is 0 Å². The van der Waals surface area contributed by atoms with Gasteiger partial charge in [-0.3, -0.25) is 0 Å². The summed E-state index contributed by atoms with van der Waals surface area (Å²) in [4.78, 5) is 2.06. The van der Waals surface area contributed by atoms with E-state index in [1.807, 2.05) is 19.2 Å². The molecule has 0 aromatic carbocycles. The van der Waals surface area contributed by atoms with Crippen molar-refractivity contribution in [2.24, 2.45) is 5.41 Å². The lowest BCUT2D eigenvalue weighted by Crippen LogP contribution is -2.32. The second-order valence-electron chi connectivity index (χ2n) is 8.08. The number of allylic oxidation sites excluding steroid dienone is 4. The van der Waals surface area contributed by atoms with E-state index >= 15 is 0 Å². The Labute approximate surface area is 157 Å². The summed E-state index contributed by atoms with van der Waals surface area (Å²) < 4.78 is 6.02. The number of hydrogen-bond donors (Lipinski definition) is 0. The zero-order chi connectivity index (χ0) is 19.2. The molecule has 0 aromatic rings. The molecule has 0 aliphatic heterocycles. The van der Waals surface area contributed by atoms with Crippen molar-refractivity contribution in [3.05, 3.63) is 22.4 Å². The topological polar surface area (TPSA) is 83.8 Å². The highest BCUT2D eigenvalue weighted by Gasteiger charge is 2.34. The number of hydrogen-bond acceptors (Lipinski definition) is 5. The number of nitrogens with zero attached hydrogens (tertiary/aromatic N) is 4. The molecule has 1 saturated carbocycles. The molecular formula is C21H28N4O. The number of ether oxygens (including phenoxy) is 1. The van der Waals surface area contributed by atoms with Crippen LogP contribution in [-0.2, 0) is 4.74 Å². The third-order valence-corrected chi connectivity index (χ3v) is 5.32. The monoisotopic (exact) mass is 352 g/mol. The molecule has 138 valence electrons. The minimum Gasteiger partial charge on any atom is -0.376 e. The summed E-state index contributed by atoms with van der Waals surface area (Å²) in [5, 5.41) is 28.3. The summed E-state index contributed by atoms with van der Waals surface area (Å²) >= 11 is 0. The van der Waals surface area contributed by atoms with Crippen molar-refractivity contribution in [2.45, 2.75) is 64.9 Å². The Morgan fingerprint density at radius 1 is 1.12 bits per heavy atom. The van der Waals surface area contributed by atoms with Crippen LogP contribution < -0.4 is 0 Å². The summed E-state index contributed by atoms with van der Waals surface area (Å²) in [6, 6.07) is 6.17. The first-order valence-corrected chi connectivity index (χ1v) is 9.41. The van der Waals surface area contributed by atoms with Crippen molar-refractivity contribution < 1.29 is 4.74 Å². The van der Waals surface area contributed by atoms with Gasteiger partial charge in [0.05, 0.1) is 18.3 Å². The Balaban J connectivity index is 2.17. The molecule has 0 saturated heterocycles. The molecule has 0 amide bonds. The average Bonchev–Trinajstić information content (AvgIpc) is 2.62. The molecule has 0 aromatic heterocycles. The summed E-state index contributed by atoms with van der Waals surface area (Å²) in [5.41, 5.74) is 1.95. The first-order chi connectivity index (χ1) is 12.4. The van der Waals surface area contributed by atoms with Gasteiger partial charge in [-0.25, -0.2) is 0 Å². The van der Waals surface area contributed by atoms with Gasteiger partial charge >= 0.3 is 0 Å². The van der Waals surface area contributed by atoms with Crippen LogP contribution in [0.4, 0.5) is 0 Å². The SMILES string of the molecule is CN(CCOC1CCCCC1)C1=C(C#N)C(=C(C#N)C#N)CC(C)(C)C1. The van der Waals surface area contributed by atoms with E-state index in [1.54, 1.807) is 0 Å². The first kappa shape index (κ1) is 20.0. The quantitative estimate of drug-likeness (QED) is 0.692. The molecule has 5 heteroatoms. The van der Waals surface area contributed by atoms with E-state index < -0.39 is 0 Å². The van der Waals surface area contributed by atoms with Crippen LogP contribution in [-0.4, -0.2) is 31.2 Å². The molecule has 0 bridgehead atoms. The molecule has 0 radical (unpaired) electrons. The molecule has 1 fully saturated rings. The summed E-state index contributed by atoms with van der Waals surface area (Å²) in [5.74, 6) is 0. The molecule has 2 aliphatic rings. The highest BCUT2D eigenvalue weighted by atomic mass is 16.5. The van der Waals surface area contributed by atoms with Gasteiger partial charge in [-0.15, -0.1) is 0 Å². The molecule has 0 unspecified atom stereocenters. The Morgan fingerprint density at radius 2 is 1.77 bits per heavy atom. The van der Waals surface area contributed by atoms with Crippen LogP contribution in [0.25, 0.3) is 0 Å². The van der Waals surface area contributed by atoms with Gasteiger partial charge in [-0.2, -0.15) is 15.8 Å². The van der Waals surface area contributed by atoms with E-state index in [0.29, 0.717) is 36.8 Å². The lowest BCUT2D eigenvalue weighted by atomic mass is 9.72. The Hall–Kier alpha value is -2.29. The molecule has 26 heavy (non-hydrogen) atoms. The van der Waals surface area contributed by atoms with Crippen LogP contribution in [0, 0.1) is 39.4 Å². The van der Waals surface area contributed by atoms with Crippen molar-refractivity contribution in [1.29, 1.82) is 15.8 Å². The van der Waals surface area contributed by atoms with E-state index in [4.69, 9.17) is 4.74 Å². The lowest BCUT2D eigenvalue weighted by Gasteiger charge is -2.37. The lowest BCUT2D eigenvalue weighted by molar-refractivity contribution is 0.0211. The summed E-state index contributed by atoms with van der Waals surface area (Å²) in [6.45, 7) is 5.56. The summed E-state index contributed by atoms with van der Waals surface area (Å²) in [7, 11) is 1.97. The molecule has 2 aliphatic carbocycles. The van der Waals surface area contributed by atoms with Crippen LogP contribution in [0.5, 0.6) is 0 Å². The Bertz CT molecular complexity index is 690. The standard InChI is InChI=1S/C21H28N4O/c1-21(2)11-18(16(13-22)14-23)19(15-24)20(12-21)25(3)9-10-26-17-7-5-4-6-8-17/h17H,4-12H2,1-3H3. The minimum absolute atomic E-state index is 0.0543. The molecule has 0 heterocycles. The van der Waals surface area contributed by atoms with E-state index in [1.165, 1.54) is 19.3 Å². The molecule has 0 spiro atoms. The number of likely N-dealkylation sites (N-methyl/N-ethyl adjacent to an activating group) is 1. The van der Waals surface area contributed by atoms with Crippen molar-refractivity contribution in [1.82, 2.24) is 4.90 Å². The predicted molar refractivity (Wildman–Crippen MR) is 99.4 cm³/mol. The summed E-state index contributed by atoms with van der Waals surface area (Å²) in [6.07, 6.45) is 7.78. The second kappa shape index (κ2) is 8.88. The fourth-order valence-corrected chi connectivity index (χ4v) is 3.90. The zero-order valence-corrected chi connectivity index (χ0v) is 16.1. The van der Waals surface area contributed by atoms with E-state index in [-0.39, 0.29) is 11.0 Å². The molecule has 2 rings (SSSR count). The van der Waals surface area contributed by atoms with Gasteiger partial charge in [0.1, 0.15) is 23.8 Å². The fourth-order valence-electron chi connectivity index (χ4n) is 3.90.